The SMILES string of the molecule is C=C[As+](C)(C=C)c1ccccc1.[Br-]. The van der Waals surface area contributed by atoms with E-state index in [0.29, 0.717) is 0 Å². The van der Waals surface area contributed by atoms with Crippen LogP contribution in [-0.4, -0.2) is 13.6 Å². The summed E-state index contributed by atoms with van der Waals surface area (Å²) >= 11 is -1.89. The Morgan fingerprint density at radius 2 is 1.54 bits per heavy atom. The molecule has 70 valence electrons. The van der Waals surface area contributed by atoms with Crippen LogP contribution < -0.4 is 21.3 Å². The molecular weight excluding hydrogens is 287 g/mol. The van der Waals surface area contributed by atoms with Crippen molar-refractivity contribution in [1.82, 2.24) is 0 Å². The molecule has 0 unspecified atom stereocenters. The van der Waals surface area contributed by atoms with E-state index < -0.39 is 13.6 Å². The standard InChI is InChI=1S/C11H14As.BrH/c1-4-12(3,5-2)11-9-7-6-8-10-11;/h4-10H,1-2H2,3H3;1H/q+1;/p-1. The molecule has 0 heterocycles. The molecule has 0 aliphatic heterocycles. The third-order valence-corrected chi connectivity index (χ3v) is 8.21. The Balaban J connectivity index is 0.00000144. The van der Waals surface area contributed by atoms with E-state index in [-0.39, 0.29) is 17.0 Å². The van der Waals surface area contributed by atoms with E-state index in [2.05, 4.69) is 52.9 Å². The zero-order chi connectivity index (χ0) is 9.03. The molecule has 0 aliphatic rings. The first-order chi connectivity index (χ1) is 5.73. The van der Waals surface area contributed by atoms with Gasteiger partial charge in [0.15, 0.2) is 0 Å². The first-order valence-corrected chi connectivity index (χ1v) is 8.90. The molecule has 0 radical (unpaired) electrons. The predicted octanol–water partition coefficient (Wildman–Crippen LogP) is -0.573. The quantitative estimate of drug-likeness (QED) is 0.656. The van der Waals surface area contributed by atoms with E-state index in [1.807, 2.05) is 6.07 Å². The maximum Gasteiger partial charge on any atom is -1.00 e. The normalized spacial score (nSPS) is 9.92. The number of benzene rings is 1. The summed E-state index contributed by atoms with van der Waals surface area (Å²) in [6, 6.07) is 10.5. The second-order valence-electron chi connectivity index (χ2n) is 2.85. The minimum atomic E-state index is -1.89. The third-order valence-electron chi connectivity index (χ3n) is 2.07. The molecule has 1 aromatic carbocycles. The molecule has 0 nitrogen and oxygen atoms in total. The molecule has 2 heteroatoms. The number of hydrogen-bond donors (Lipinski definition) is 0. The topological polar surface area (TPSA) is 0 Å². The fraction of sp³-hybridized carbons (Fsp3) is 0.0909. The molecule has 1 aromatic rings. The average molecular weight is 301 g/mol. The van der Waals surface area contributed by atoms with Crippen molar-refractivity contribution < 1.29 is 17.0 Å². The molecule has 0 saturated carbocycles. The van der Waals surface area contributed by atoms with Crippen LogP contribution in [0.3, 0.4) is 0 Å². The molecule has 0 spiro atoms. The van der Waals surface area contributed by atoms with Crippen molar-refractivity contribution in [3.05, 3.63) is 53.2 Å². The van der Waals surface area contributed by atoms with Crippen molar-refractivity contribution in [2.75, 3.05) is 0 Å². The van der Waals surface area contributed by atoms with Crippen LogP contribution in [0.2, 0.25) is 5.71 Å². The number of rotatable bonds is 3. The summed E-state index contributed by atoms with van der Waals surface area (Å²) in [7, 11) is 0. The molecule has 0 aromatic heterocycles. The van der Waals surface area contributed by atoms with Gasteiger partial charge < -0.3 is 17.0 Å². The number of halogens is 1. The predicted molar refractivity (Wildman–Crippen MR) is 58.1 cm³/mol. The van der Waals surface area contributed by atoms with Crippen molar-refractivity contribution in [2.45, 2.75) is 5.71 Å². The zero-order valence-corrected chi connectivity index (χ0v) is 11.2. The molecule has 0 amide bonds. The van der Waals surface area contributed by atoms with Gasteiger partial charge in [0.25, 0.3) is 0 Å². The fourth-order valence-corrected chi connectivity index (χ4v) is 3.94. The molecular formula is C11H14AsBr. The molecule has 13 heavy (non-hydrogen) atoms. The zero-order valence-electron chi connectivity index (χ0n) is 7.78. The van der Waals surface area contributed by atoms with Gasteiger partial charge in [0.05, 0.1) is 0 Å². The van der Waals surface area contributed by atoms with Crippen LogP contribution in [0.4, 0.5) is 0 Å². The van der Waals surface area contributed by atoms with Gasteiger partial charge in [-0.15, -0.1) is 0 Å². The van der Waals surface area contributed by atoms with Crippen molar-refractivity contribution >= 4 is 17.9 Å². The molecule has 0 bridgehead atoms. The van der Waals surface area contributed by atoms with Gasteiger partial charge in [-0.1, -0.05) is 0 Å². The van der Waals surface area contributed by atoms with Crippen LogP contribution in [0, 0.1) is 0 Å². The van der Waals surface area contributed by atoms with Crippen LogP contribution in [0.15, 0.2) is 53.2 Å². The van der Waals surface area contributed by atoms with Crippen molar-refractivity contribution in [3.63, 3.8) is 0 Å². The summed E-state index contributed by atoms with van der Waals surface area (Å²) in [6.07, 6.45) is 0. The van der Waals surface area contributed by atoms with Gasteiger partial charge in [-0.05, 0) is 0 Å². The summed E-state index contributed by atoms with van der Waals surface area (Å²) in [4.78, 5) is 4.17. The molecule has 0 saturated heterocycles. The van der Waals surface area contributed by atoms with E-state index in [1.165, 1.54) is 4.35 Å². The first-order valence-electron chi connectivity index (χ1n) is 3.91. The average Bonchev–Trinajstić information content (AvgIpc) is 2.18. The molecule has 1 rings (SSSR count). The Bertz CT molecular complexity index is 271. The Morgan fingerprint density at radius 3 is 1.92 bits per heavy atom. The Hall–Kier alpha value is -0.262. The van der Waals surface area contributed by atoms with Gasteiger partial charge in [0, 0.05) is 0 Å². The van der Waals surface area contributed by atoms with E-state index >= 15 is 0 Å². The second-order valence-corrected chi connectivity index (χ2v) is 10.3. The first kappa shape index (κ1) is 12.7. The van der Waals surface area contributed by atoms with Gasteiger partial charge in [0.2, 0.25) is 0 Å². The Labute approximate surface area is 93.6 Å². The van der Waals surface area contributed by atoms with E-state index in [4.69, 9.17) is 0 Å². The van der Waals surface area contributed by atoms with Crippen LogP contribution in [0.5, 0.6) is 0 Å². The maximum absolute atomic E-state index is 3.89. The summed E-state index contributed by atoms with van der Waals surface area (Å²) in [6.45, 7) is 7.77. The minimum absolute atomic E-state index is 0. The van der Waals surface area contributed by atoms with Gasteiger partial charge in [-0.3, -0.25) is 0 Å². The van der Waals surface area contributed by atoms with Gasteiger partial charge >= 0.3 is 76.8 Å². The summed E-state index contributed by atoms with van der Waals surface area (Å²) < 4.78 is 1.40. The van der Waals surface area contributed by atoms with Crippen molar-refractivity contribution in [2.24, 2.45) is 0 Å². The minimum Gasteiger partial charge on any atom is -1.00 e. The summed E-state index contributed by atoms with van der Waals surface area (Å²) in [5, 5.41) is 0. The van der Waals surface area contributed by atoms with Crippen molar-refractivity contribution in [3.8, 4) is 0 Å². The monoisotopic (exact) mass is 300 g/mol. The van der Waals surface area contributed by atoms with E-state index in [1.54, 1.807) is 0 Å². The molecule has 0 N–H and O–H groups in total. The van der Waals surface area contributed by atoms with Crippen LogP contribution in [-0.2, 0) is 0 Å². The van der Waals surface area contributed by atoms with Crippen LogP contribution in [0.1, 0.15) is 0 Å². The van der Waals surface area contributed by atoms with Gasteiger partial charge in [-0.2, -0.15) is 0 Å². The van der Waals surface area contributed by atoms with Gasteiger partial charge in [0.1, 0.15) is 0 Å². The largest absolute Gasteiger partial charge is 1.00 e. The van der Waals surface area contributed by atoms with Crippen LogP contribution in [0.25, 0.3) is 0 Å². The van der Waals surface area contributed by atoms with Crippen molar-refractivity contribution in [1.29, 1.82) is 0 Å². The second kappa shape index (κ2) is 5.46. The Kier molecular flexibility index (Phi) is 5.35. The van der Waals surface area contributed by atoms with Gasteiger partial charge in [-0.25, -0.2) is 0 Å². The third kappa shape index (κ3) is 2.86. The molecule has 0 atom stereocenters. The smallest absolute Gasteiger partial charge is 1.00 e. The molecule has 0 fully saturated rings. The van der Waals surface area contributed by atoms with Crippen LogP contribution >= 0.6 is 0 Å². The van der Waals surface area contributed by atoms with E-state index in [9.17, 15) is 0 Å². The summed E-state index contributed by atoms with van der Waals surface area (Å²) in [5.41, 5.74) is 2.27. The summed E-state index contributed by atoms with van der Waals surface area (Å²) in [5.74, 6) is 0. The maximum atomic E-state index is 3.89. The van der Waals surface area contributed by atoms with E-state index in [0.717, 1.165) is 0 Å². The Morgan fingerprint density at radius 1 is 1.08 bits per heavy atom. The number of hydrogen-bond acceptors (Lipinski definition) is 0. The fourth-order valence-electron chi connectivity index (χ4n) is 1.03. The molecule has 0 aliphatic carbocycles.